The third-order valence-electron chi connectivity index (χ3n) is 6.80. The van der Waals surface area contributed by atoms with Crippen molar-refractivity contribution in [3.63, 3.8) is 0 Å². The first-order valence-corrected chi connectivity index (χ1v) is 12.2. The molecule has 0 N–H and O–H groups in total. The number of para-hydroxylation sites is 2. The van der Waals surface area contributed by atoms with Crippen molar-refractivity contribution in [2.24, 2.45) is 5.92 Å². The summed E-state index contributed by atoms with van der Waals surface area (Å²) in [6.45, 7) is 7.40. The van der Waals surface area contributed by atoms with Gasteiger partial charge in [0.25, 0.3) is 5.91 Å². The van der Waals surface area contributed by atoms with Crippen LogP contribution in [0.1, 0.15) is 40.2 Å². The fourth-order valence-electron chi connectivity index (χ4n) is 4.83. The molecule has 0 bridgehead atoms. The van der Waals surface area contributed by atoms with Gasteiger partial charge in [0, 0.05) is 43.7 Å². The number of ether oxygens (including phenoxy) is 1. The zero-order valence-corrected chi connectivity index (χ0v) is 20.1. The number of hydrogen-bond donors (Lipinski definition) is 0. The first-order valence-electron chi connectivity index (χ1n) is 12.2. The Balaban J connectivity index is 1.53. The van der Waals surface area contributed by atoms with E-state index in [1.54, 1.807) is 19.2 Å². The second-order valence-corrected chi connectivity index (χ2v) is 9.37. The van der Waals surface area contributed by atoms with Crippen molar-refractivity contribution in [3.8, 4) is 11.4 Å². The monoisotopic (exact) mass is 474 g/mol. The molecule has 1 amide bonds. The molecule has 5 rings (SSSR count). The van der Waals surface area contributed by atoms with Crippen molar-refractivity contribution in [1.29, 1.82) is 0 Å². The van der Waals surface area contributed by atoms with Crippen molar-refractivity contribution in [3.05, 3.63) is 89.5 Å². The van der Waals surface area contributed by atoms with Crippen LogP contribution in [0.2, 0.25) is 0 Å². The smallest absolute Gasteiger partial charge is 0.254 e. The number of methoxy groups -OCH3 is 1. The number of nitrogens with zero attached hydrogens (tertiary/aromatic N) is 4. The highest BCUT2D eigenvalue weighted by atomic mass is 19.1. The van der Waals surface area contributed by atoms with E-state index in [-0.39, 0.29) is 5.91 Å². The maximum absolute atomic E-state index is 13.9. The van der Waals surface area contributed by atoms with Crippen LogP contribution in [0.5, 0.6) is 5.75 Å². The van der Waals surface area contributed by atoms with E-state index in [9.17, 15) is 9.18 Å². The van der Waals surface area contributed by atoms with Gasteiger partial charge in [-0.15, -0.1) is 6.58 Å². The summed E-state index contributed by atoms with van der Waals surface area (Å²) >= 11 is 0. The molecule has 2 aliphatic rings. The van der Waals surface area contributed by atoms with Crippen LogP contribution in [-0.2, 0) is 19.5 Å². The average Bonchev–Trinajstić information content (AvgIpc) is 3.63. The lowest BCUT2D eigenvalue weighted by molar-refractivity contribution is 0.0731. The molecule has 3 aromatic rings. The van der Waals surface area contributed by atoms with E-state index in [0.29, 0.717) is 24.6 Å². The quantitative estimate of drug-likeness (QED) is 0.425. The van der Waals surface area contributed by atoms with Crippen LogP contribution in [0.25, 0.3) is 5.69 Å². The number of carbonyl (C=O) groups excluding carboxylic acids is 1. The van der Waals surface area contributed by atoms with Crippen LogP contribution >= 0.6 is 0 Å². The molecule has 1 aliphatic heterocycles. The fourth-order valence-corrected chi connectivity index (χ4v) is 4.83. The maximum Gasteiger partial charge on any atom is 0.254 e. The SMILES string of the molecule is C=CCN1CCc2c(c(CN(CC3CC3)C(=O)c3cccc(F)c3)nn2-c2ccccc2OC)C1. The Hall–Kier alpha value is -3.45. The van der Waals surface area contributed by atoms with Gasteiger partial charge >= 0.3 is 0 Å². The maximum atomic E-state index is 13.9. The predicted molar refractivity (Wildman–Crippen MR) is 133 cm³/mol. The third-order valence-corrected chi connectivity index (χ3v) is 6.80. The minimum atomic E-state index is -0.403. The van der Waals surface area contributed by atoms with E-state index in [2.05, 4.69) is 11.5 Å². The number of amides is 1. The Kier molecular flexibility index (Phi) is 6.68. The predicted octanol–water partition coefficient (Wildman–Crippen LogP) is 4.62. The third kappa shape index (κ3) is 5.00. The molecule has 0 unspecified atom stereocenters. The highest BCUT2D eigenvalue weighted by Gasteiger charge is 2.31. The highest BCUT2D eigenvalue weighted by molar-refractivity contribution is 5.94. The molecule has 1 fully saturated rings. The largest absolute Gasteiger partial charge is 0.494 e. The standard InChI is InChI=1S/C28H31FN4O2/c1-3-14-31-15-13-25-23(18-31)24(30-33(25)26-9-4-5-10-27(26)35-2)19-32(17-20-11-12-20)28(34)21-7-6-8-22(29)16-21/h3-10,16,20H,1,11-15,17-19H2,2H3. The fraction of sp³-hybridized carbons (Fsp3) is 0.357. The van der Waals surface area contributed by atoms with Crippen molar-refractivity contribution in [1.82, 2.24) is 19.6 Å². The lowest BCUT2D eigenvalue weighted by Crippen LogP contribution is -2.34. The zero-order valence-electron chi connectivity index (χ0n) is 20.1. The first kappa shape index (κ1) is 23.3. The molecule has 1 saturated carbocycles. The molecule has 1 aliphatic carbocycles. The molecule has 35 heavy (non-hydrogen) atoms. The Labute approximate surface area is 205 Å². The molecule has 2 heterocycles. The van der Waals surface area contributed by atoms with E-state index >= 15 is 0 Å². The molecule has 0 saturated heterocycles. The topological polar surface area (TPSA) is 50.6 Å². The number of halogens is 1. The minimum Gasteiger partial charge on any atom is -0.494 e. The average molecular weight is 475 g/mol. The summed E-state index contributed by atoms with van der Waals surface area (Å²) in [5.41, 5.74) is 4.44. The van der Waals surface area contributed by atoms with Crippen LogP contribution in [0.3, 0.4) is 0 Å². The van der Waals surface area contributed by atoms with Gasteiger partial charge in [-0.25, -0.2) is 9.07 Å². The Morgan fingerprint density at radius 2 is 2.09 bits per heavy atom. The van der Waals surface area contributed by atoms with E-state index in [4.69, 9.17) is 9.84 Å². The normalized spacial score (nSPS) is 15.5. The summed E-state index contributed by atoms with van der Waals surface area (Å²) in [6, 6.07) is 13.8. The van der Waals surface area contributed by atoms with Crippen LogP contribution < -0.4 is 4.74 Å². The van der Waals surface area contributed by atoms with Gasteiger partial charge in [-0.05, 0) is 49.1 Å². The summed E-state index contributed by atoms with van der Waals surface area (Å²) < 4.78 is 21.5. The van der Waals surface area contributed by atoms with Crippen LogP contribution in [0.15, 0.2) is 61.2 Å². The molecule has 182 valence electrons. The van der Waals surface area contributed by atoms with Gasteiger partial charge in [-0.1, -0.05) is 24.3 Å². The number of fused-ring (bicyclic) bond motifs is 1. The lowest BCUT2D eigenvalue weighted by atomic mass is 10.0. The van der Waals surface area contributed by atoms with Gasteiger partial charge in [0.1, 0.15) is 17.3 Å². The number of aromatic nitrogens is 2. The highest BCUT2D eigenvalue weighted by Crippen LogP contribution is 2.33. The van der Waals surface area contributed by atoms with Crippen molar-refractivity contribution in [2.45, 2.75) is 32.4 Å². The van der Waals surface area contributed by atoms with Gasteiger partial charge in [0.2, 0.25) is 0 Å². The van der Waals surface area contributed by atoms with Gasteiger partial charge < -0.3 is 9.64 Å². The summed E-state index contributed by atoms with van der Waals surface area (Å²) in [5, 5.41) is 5.04. The molecule has 7 heteroatoms. The molecule has 0 atom stereocenters. The van der Waals surface area contributed by atoms with Crippen molar-refractivity contribution in [2.75, 3.05) is 26.7 Å². The number of rotatable bonds is 9. The second kappa shape index (κ2) is 10.0. The van der Waals surface area contributed by atoms with E-state index in [1.165, 1.54) is 12.1 Å². The van der Waals surface area contributed by atoms with Crippen molar-refractivity contribution < 1.29 is 13.9 Å². The number of hydrogen-bond acceptors (Lipinski definition) is 4. The van der Waals surface area contributed by atoms with Gasteiger partial charge in [0.15, 0.2) is 0 Å². The molecule has 0 radical (unpaired) electrons. The Morgan fingerprint density at radius 3 is 2.83 bits per heavy atom. The van der Waals surface area contributed by atoms with Gasteiger partial charge in [-0.2, -0.15) is 5.10 Å². The number of benzene rings is 2. The lowest BCUT2D eigenvalue weighted by Gasteiger charge is -2.28. The molecule has 1 aromatic heterocycles. The minimum absolute atomic E-state index is 0.157. The van der Waals surface area contributed by atoms with E-state index in [1.807, 2.05) is 39.9 Å². The molecule has 2 aromatic carbocycles. The second-order valence-electron chi connectivity index (χ2n) is 9.37. The van der Waals surface area contributed by atoms with E-state index in [0.717, 1.165) is 67.3 Å². The summed E-state index contributed by atoms with van der Waals surface area (Å²) in [5.74, 6) is 0.691. The summed E-state index contributed by atoms with van der Waals surface area (Å²) in [7, 11) is 1.66. The molecular weight excluding hydrogens is 443 g/mol. The van der Waals surface area contributed by atoms with E-state index < -0.39 is 5.82 Å². The number of carbonyl (C=O) groups is 1. The van der Waals surface area contributed by atoms with Gasteiger partial charge in [-0.3, -0.25) is 9.69 Å². The van der Waals surface area contributed by atoms with Crippen LogP contribution in [0.4, 0.5) is 4.39 Å². The Morgan fingerprint density at radius 1 is 1.26 bits per heavy atom. The summed E-state index contributed by atoms with van der Waals surface area (Å²) in [6.07, 6.45) is 5.00. The van der Waals surface area contributed by atoms with Crippen molar-refractivity contribution >= 4 is 5.91 Å². The molecule has 0 spiro atoms. The van der Waals surface area contributed by atoms with Gasteiger partial charge in [0.05, 0.1) is 25.0 Å². The molecule has 6 nitrogen and oxygen atoms in total. The zero-order chi connectivity index (χ0) is 24.4. The van der Waals surface area contributed by atoms with Crippen LogP contribution in [-0.4, -0.2) is 52.2 Å². The summed E-state index contributed by atoms with van der Waals surface area (Å²) in [4.78, 5) is 17.6. The van der Waals surface area contributed by atoms with Crippen LogP contribution in [0, 0.1) is 11.7 Å². The molecular formula is C28H31FN4O2. The first-order chi connectivity index (χ1) is 17.1. The Bertz CT molecular complexity index is 1230.